The molecular formula is C17H15ClN2O3S. The number of amides is 2. The van der Waals surface area contributed by atoms with Crippen LogP contribution in [0.15, 0.2) is 47.5 Å². The molecule has 0 atom stereocenters. The van der Waals surface area contributed by atoms with Crippen LogP contribution in [-0.4, -0.2) is 40.9 Å². The number of halogens is 1. The zero-order valence-corrected chi connectivity index (χ0v) is 14.5. The molecule has 0 unspecified atom stereocenters. The van der Waals surface area contributed by atoms with E-state index in [2.05, 4.69) is 0 Å². The number of benzene rings is 1. The number of carbonyl (C=O) groups excluding carboxylic acids is 2. The zero-order valence-electron chi connectivity index (χ0n) is 12.9. The summed E-state index contributed by atoms with van der Waals surface area (Å²) in [6, 6.07) is 11.2. The quantitative estimate of drug-likeness (QED) is 0.759. The minimum Gasteiger partial charge on any atom is -0.383 e. The lowest BCUT2D eigenvalue weighted by Gasteiger charge is -2.11. The average molecular weight is 363 g/mol. The second kappa shape index (κ2) is 7.25. The summed E-state index contributed by atoms with van der Waals surface area (Å²) in [5, 5.41) is 0.389. The Balaban J connectivity index is 1.88. The Morgan fingerprint density at radius 1 is 1.21 bits per heavy atom. The van der Waals surface area contributed by atoms with Crippen LogP contribution in [0.3, 0.4) is 0 Å². The van der Waals surface area contributed by atoms with Gasteiger partial charge in [-0.15, -0.1) is 0 Å². The van der Waals surface area contributed by atoms with Gasteiger partial charge in [0.2, 0.25) is 0 Å². The van der Waals surface area contributed by atoms with Crippen LogP contribution in [0.2, 0.25) is 5.02 Å². The Morgan fingerprint density at radius 3 is 2.67 bits per heavy atom. The molecule has 1 aromatic heterocycles. The molecule has 2 amide bonds. The number of imide groups is 1. The summed E-state index contributed by atoms with van der Waals surface area (Å²) in [5.41, 5.74) is 1.74. The molecule has 1 aliphatic rings. The molecule has 3 rings (SSSR count). The Kier molecular flexibility index (Phi) is 5.08. The first-order valence-electron chi connectivity index (χ1n) is 7.28. The number of carbonyl (C=O) groups is 2. The summed E-state index contributed by atoms with van der Waals surface area (Å²) < 4.78 is 6.87. The second-order valence-corrected chi connectivity index (χ2v) is 6.54. The summed E-state index contributed by atoms with van der Waals surface area (Å²) in [4.78, 5) is 26.0. The third-order valence-corrected chi connectivity index (χ3v) is 4.72. The van der Waals surface area contributed by atoms with Crippen LogP contribution in [0, 0.1) is 0 Å². The lowest BCUT2D eigenvalue weighted by atomic mass is 10.3. The Morgan fingerprint density at radius 2 is 1.96 bits per heavy atom. The van der Waals surface area contributed by atoms with Gasteiger partial charge >= 0.3 is 0 Å². The average Bonchev–Trinajstić information content (AvgIpc) is 3.13. The first kappa shape index (κ1) is 16.8. The number of ether oxygens (including phenoxy) is 1. The van der Waals surface area contributed by atoms with E-state index in [9.17, 15) is 9.59 Å². The standard InChI is InChI=1S/C17H15ClN2O3S/c1-23-10-9-20-16(21)15(24-17(20)22)11-14-3-2-8-19(14)13-6-4-12(18)5-7-13/h2-8,11H,9-10H2,1H3/b15-11+. The van der Waals surface area contributed by atoms with E-state index in [1.165, 1.54) is 12.0 Å². The van der Waals surface area contributed by atoms with Crippen molar-refractivity contribution in [3.05, 3.63) is 58.2 Å². The number of hydrogen-bond donors (Lipinski definition) is 0. The topological polar surface area (TPSA) is 51.5 Å². The third-order valence-electron chi connectivity index (χ3n) is 3.56. The highest BCUT2D eigenvalue weighted by Crippen LogP contribution is 2.32. The predicted molar refractivity (Wildman–Crippen MR) is 95.3 cm³/mol. The number of aromatic nitrogens is 1. The van der Waals surface area contributed by atoms with Gasteiger partial charge in [-0.05, 0) is 54.2 Å². The van der Waals surface area contributed by atoms with Crippen molar-refractivity contribution >= 4 is 40.6 Å². The summed E-state index contributed by atoms with van der Waals surface area (Å²) in [6.07, 6.45) is 3.62. The van der Waals surface area contributed by atoms with E-state index < -0.39 is 0 Å². The number of thioether (sulfide) groups is 1. The highest BCUT2D eigenvalue weighted by molar-refractivity contribution is 8.18. The normalized spacial score (nSPS) is 16.4. The molecular weight excluding hydrogens is 348 g/mol. The Hall–Kier alpha value is -2.02. The van der Waals surface area contributed by atoms with Crippen molar-refractivity contribution in [3.8, 4) is 5.69 Å². The van der Waals surface area contributed by atoms with Crippen LogP contribution < -0.4 is 0 Å². The van der Waals surface area contributed by atoms with Crippen molar-refractivity contribution in [2.75, 3.05) is 20.3 Å². The summed E-state index contributed by atoms with van der Waals surface area (Å²) in [6.45, 7) is 0.586. The lowest BCUT2D eigenvalue weighted by Crippen LogP contribution is -2.31. The molecule has 0 bridgehead atoms. The number of rotatable bonds is 5. The zero-order chi connectivity index (χ0) is 17.1. The SMILES string of the molecule is COCCN1C(=O)S/C(=C/c2cccn2-c2ccc(Cl)cc2)C1=O. The molecule has 2 heterocycles. The molecule has 1 aliphatic heterocycles. The van der Waals surface area contributed by atoms with E-state index in [4.69, 9.17) is 16.3 Å². The van der Waals surface area contributed by atoms with Crippen LogP contribution in [0.5, 0.6) is 0 Å². The first-order valence-corrected chi connectivity index (χ1v) is 8.47. The van der Waals surface area contributed by atoms with Crippen molar-refractivity contribution in [2.24, 2.45) is 0 Å². The van der Waals surface area contributed by atoms with Gasteiger partial charge in [0.05, 0.1) is 18.1 Å². The number of nitrogens with zero attached hydrogens (tertiary/aromatic N) is 2. The molecule has 1 aromatic carbocycles. The van der Waals surface area contributed by atoms with Crippen LogP contribution >= 0.6 is 23.4 Å². The van der Waals surface area contributed by atoms with Gasteiger partial charge in [-0.3, -0.25) is 14.5 Å². The monoisotopic (exact) mass is 362 g/mol. The first-order chi connectivity index (χ1) is 11.6. The largest absolute Gasteiger partial charge is 0.383 e. The molecule has 1 fully saturated rings. The molecule has 1 saturated heterocycles. The third kappa shape index (κ3) is 3.40. The second-order valence-electron chi connectivity index (χ2n) is 5.11. The van der Waals surface area contributed by atoms with E-state index in [1.807, 2.05) is 35.0 Å². The molecule has 0 saturated carbocycles. The van der Waals surface area contributed by atoms with Crippen LogP contribution in [-0.2, 0) is 9.53 Å². The van der Waals surface area contributed by atoms with Crippen LogP contribution in [0.1, 0.15) is 5.69 Å². The molecule has 24 heavy (non-hydrogen) atoms. The van der Waals surface area contributed by atoms with Gasteiger partial charge < -0.3 is 9.30 Å². The van der Waals surface area contributed by atoms with Crippen molar-refractivity contribution < 1.29 is 14.3 Å². The maximum atomic E-state index is 12.4. The van der Waals surface area contributed by atoms with Crippen molar-refractivity contribution in [3.63, 3.8) is 0 Å². The van der Waals surface area contributed by atoms with Crippen molar-refractivity contribution in [1.82, 2.24) is 9.47 Å². The number of hydrogen-bond acceptors (Lipinski definition) is 4. The maximum Gasteiger partial charge on any atom is 0.293 e. The fraction of sp³-hybridized carbons (Fsp3) is 0.176. The minimum atomic E-state index is -0.286. The molecule has 124 valence electrons. The fourth-order valence-electron chi connectivity index (χ4n) is 2.36. The lowest BCUT2D eigenvalue weighted by molar-refractivity contribution is -0.123. The van der Waals surface area contributed by atoms with Crippen LogP contribution in [0.4, 0.5) is 4.79 Å². The van der Waals surface area contributed by atoms with Crippen molar-refractivity contribution in [1.29, 1.82) is 0 Å². The van der Waals surface area contributed by atoms with Crippen molar-refractivity contribution in [2.45, 2.75) is 0 Å². The maximum absolute atomic E-state index is 12.4. The summed E-state index contributed by atoms with van der Waals surface area (Å²) >= 11 is 6.87. The number of methoxy groups -OCH3 is 1. The molecule has 5 nitrogen and oxygen atoms in total. The van der Waals surface area contributed by atoms with Gasteiger partial charge in [0.1, 0.15) is 0 Å². The van der Waals surface area contributed by atoms with E-state index in [0.717, 1.165) is 23.1 Å². The molecule has 0 N–H and O–H groups in total. The van der Waals surface area contributed by atoms with Gasteiger partial charge in [0.25, 0.3) is 11.1 Å². The molecule has 0 spiro atoms. The van der Waals surface area contributed by atoms with Gasteiger partial charge in [-0.25, -0.2) is 0 Å². The summed E-state index contributed by atoms with van der Waals surface area (Å²) in [5.74, 6) is -0.286. The predicted octanol–water partition coefficient (Wildman–Crippen LogP) is 3.81. The minimum absolute atomic E-state index is 0.261. The van der Waals surface area contributed by atoms with E-state index in [0.29, 0.717) is 16.5 Å². The fourth-order valence-corrected chi connectivity index (χ4v) is 3.33. The smallest absolute Gasteiger partial charge is 0.293 e. The van der Waals surface area contributed by atoms with Crippen LogP contribution in [0.25, 0.3) is 11.8 Å². The molecule has 0 aliphatic carbocycles. The highest BCUT2D eigenvalue weighted by atomic mass is 35.5. The molecule has 0 radical (unpaired) electrons. The van der Waals surface area contributed by atoms with Gasteiger partial charge in [0, 0.05) is 29.7 Å². The highest BCUT2D eigenvalue weighted by Gasteiger charge is 2.34. The van der Waals surface area contributed by atoms with Gasteiger partial charge in [0.15, 0.2) is 0 Å². The molecule has 7 heteroatoms. The Labute approximate surface area is 148 Å². The van der Waals surface area contributed by atoms with Gasteiger partial charge in [-0.2, -0.15) is 0 Å². The van der Waals surface area contributed by atoms with E-state index in [-0.39, 0.29) is 17.7 Å². The van der Waals surface area contributed by atoms with Gasteiger partial charge in [-0.1, -0.05) is 11.6 Å². The molecule has 2 aromatic rings. The van der Waals surface area contributed by atoms with E-state index >= 15 is 0 Å². The van der Waals surface area contributed by atoms with E-state index in [1.54, 1.807) is 18.2 Å². The summed E-state index contributed by atoms with van der Waals surface area (Å²) in [7, 11) is 1.54. The Bertz CT molecular complexity index is 798.